The molecular weight excluding hydrogens is 344 g/mol. The van der Waals surface area contributed by atoms with E-state index in [0.29, 0.717) is 0 Å². The lowest BCUT2D eigenvalue weighted by Crippen LogP contribution is -1.85. The molecule has 0 aromatic heterocycles. The van der Waals surface area contributed by atoms with Crippen LogP contribution in [0.25, 0.3) is 0 Å². The summed E-state index contributed by atoms with van der Waals surface area (Å²) in [6.07, 6.45) is 9.32. The lowest BCUT2D eigenvalue weighted by Gasteiger charge is -1.93. The van der Waals surface area contributed by atoms with Crippen LogP contribution in [0.5, 0.6) is 0 Å². The second kappa shape index (κ2) is 34.6. The van der Waals surface area contributed by atoms with E-state index in [9.17, 15) is 9.59 Å². The van der Waals surface area contributed by atoms with Gasteiger partial charge in [-0.25, -0.2) is 9.59 Å². The normalized spacial score (nSPS) is 8.46. The minimum absolute atomic E-state index is 0.283. The summed E-state index contributed by atoms with van der Waals surface area (Å²) in [6, 6.07) is 0. The van der Waals surface area contributed by atoms with Crippen molar-refractivity contribution in [2.45, 2.75) is 51.4 Å². The first kappa shape index (κ1) is 32.0. The highest BCUT2D eigenvalue weighted by atomic mass is 16.4. The number of aliphatic hydroxyl groups excluding tert-OH is 4. The molecule has 0 aromatic carbocycles. The fraction of sp³-hybridized carbons (Fsp3) is 0.667. The number of aliphatic hydroxyl groups is 4. The van der Waals surface area contributed by atoms with Gasteiger partial charge in [-0.1, -0.05) is 38.8 Å². The zero-order valence-corrected chi connectivity index (χ0v) is 15.6. The molecule has 0 heterocycles. The molecule has 0 atom stereocenters. The molecule has 8 nitrogen and oxygen atoms in total. The molecule has 156 valence electrons. The highest BCUT2D eigenvalue weighted by molar-refractivity contribution is 5.79. The van der Waals surface area contributed by atoms with Crippen LogP contribution < -0.4 is 0 Å². The summed E-state index contributed by atoms with van der Waals surface area (Å²) in [6.45, 7) is 7.05. The fourth-order valence-corrected chi connectivity index (χ4v) is 1.15. The molecule has 0 saturated carbocycles. The van der Waals surface area contributed by atoms with E-state index in [1.165, 1.54) is 0 Å². The van der Waals surface area contributed by atoms with Gasteiger partial charge in [0.05, 0.1) is 0 Å². The van der Waals surface area contributed by atoms with Crippen LogP contribution in [0, 0.1) is 0 Å². The van der Waals surface area contributed by atoms with Crippen molar-refractivity contribution >= 4 is 11.9 Å². The van der Waals surface area contributed by atoms with Crippen molar-refractivity contribution < 1.29 is 40.2 Å². The summed E-state index contributed by atoms with van der Waals surface area (Å²) >= 11 is 0. The first-order valence-electron chi connectivity index (χ1n) is 8.51. The number of carboxylic acids is 2. The first-order valence-corrected chi connectivity index (χ1v) is 8.51. The number of carbonyl (C=O) groups is 2. The highest BCUT2D eigenvalue weighted by Crippen LogP contribution is 1.97. The Hall–Kier alpha value is -1.74. The zero-order chi connectivity index (χ0) is 21.1. The van der Waals surface area contributed by atoms with E-state index in [1.807, 2.05) is 0 Å². The van der Waals surface area contributed by atoms with Gasteiger partial charge in [-0.05, 0) is 25.7 Å². The number of rotatable bonds is 12. The molecule has 0 amide bonds. The molecule has 0 aromatic rings. The van der Waals surface area contributed by atoms with Crippen LogP contribution in [0.15, 0.2) is 25.3 Å². The number of hydrogen-bond acceptors (Lipinski definition) is 6. The Kier molecular flexibility index (Phi) is 42.5. The van der Waals surface area contributed by atoms with Gasteiger partial charge >= 0.3 is 11.9 Å². The van der Waals surface area contributed by atoms with Crippen LogP contribution in [0.2, 0.25) is 0 Å². The van der Waals surface area contributed by atoms with Crippen LogP contribution in [-0.2, 0) is 9.59 Å². The Labute approximate surface area is 156 Å². The van der Waals surface area contributed by atoms with Crippen LogP contribution >= 0.6 is 0 Å². The maximum absolute atomic E-state index is 9.25. The Morgan fingerprint density at radius 1 is 0.538 bits per heavy atom. The Bertz CT molecular complexity index is 264. The lowest BCUT2D eigenvalue weighted by atomic mass is 10.2. The van der Waals surface area contributed by atoms with E-state index in [0.717, 1.165) is 63.5 Å². The van der Waals surface area contributed by atoms with Gasteiger partial charge in [-0.3, -0.25) is 0 Å². The molecule has 0 aliphatic rings. The molecule has 6 N–H and O–H groups in total. The van der Waals surface area contributed by atoms with Crippen LogP contribution in [0.3, 0.4) is 0 Å². The topological polar surface area (TPSA) is 156 Å². The average molecular weight is 380 g/mol. The summed E-state index contributed by atoms with van der Waals surface area (Å²) in [5, 5.41) is 48.4. The minimum atomic E-state index is -0.981. The van der Waals surface area contributed by atoms with Crippen molar-refractivity contribution in [1.82, 2.24) is 0 Å². The summed E-state index contributed by atoms with van der Waals surface area (Å²) in [5.41, 5.74) is 0. The summed E-state index contributed by atoms with van der Waals surface area (Å²) in [7, 11) is 0. The fourth-order valence-electron chi connectivity index (χ4n) is 1.15. The Balaban J connectivity index is -0.000000127. The molecule has 0 rings (SSSR count). The predicted octanol–water partition coefficient (Wildman–Crippen LogP) is 1.58. The van der Waals surface area contributed by atoms with Crippen LogP contribution in [0.4, 0.5) is 0 Å². The second-order valence-electron chi connectivity index (χ2n) is 4.81. The third-order valence-corrected chi connectivity index (χ3v) is 2.48. The molecule has 0 saturated heterocycles. The van der Waals surface area contributed by atoms with E-state index < -0.39 is 11.9 Å². The molecule has 0 bridgehead atoms. The standard InChI is InChI=1S/2C6H14O2.2C3H4O2/c2*7-5-3-1-2-4-6-8;2*1-2-3(4)5/h2*7-8H,1-6H2;2*2H,1H2,(H,4,5). The molecular formula is C18H36O8. The lowest BCUT2D eigenvalue weighted by molar-refractivity contribution is -0.132. The van der Waals surface area contributed by atoms with Gasteiger partial charge in [-0.2, -0.15) is 0 Å². The third kappa shape index (κ3) is 66.9. The monoisotopic (exact) mass is 380 g/mol. The molecule has 26 heavy (non-hydrogen) atoms. The molecule has 0 aliphatic heterocycles. The second-order valence-corrected chi connectivity index (χ2v) is 4.81. The number of aliphatic carboxylic acids is 2. The molecule has 8 heteroatoms. The molecule has 0 aliphatic carbocycles. The molecule has 0 fully saturated rings. The maximum Gasteiger partial charge on any atom is 0.327 e. The minimum Gasteiger partial charge on any atom is -0.478 e. The van der Waals surface area contributed by atoms with Crippen molar-refractivity contribution in [2.75, 3.05) is 26.4 Å². The van der Waals surface area contributed by atoms with Crippen molar-refractivity contribution in [2.24, 2.45) is 0 Å². The Morgan fingerprint density at radius 3 is 0.769 bits per heavy atom. The number of unbranched alkanes of at least 4 members (excludes halogenated alkanes) is 6. The van der Waals surface area contributed by atoms with Crippen molar-refractivity contribution in [3.05, 3.63) is 25.3 Å². The van der Waals surface area contributed by atoms with Crippen molar-refractivity contribution in [1.29, 1.82) is 0 Å². The predicted molar refractivity (Wildman–Crippen MR) is 101 cm³/mol. The zero-order valence-electron chi connectivity index (χ0n) is 15.6. The van der Waals surface area contributed by atoms with Gasteiger partial charge in [0.25, 0.3) is 0 Å². The van der Waals surface area contributed by atoms with E-state index in [4.69, 9.17) is 30.6 Å². The molecule has 0 radical (unpaired) electrons. The highest BCUT2D eigenvalue weighted by Gasteiger charge is 1.85. The summed E-state index contributed by atoms with van der Waals surface area (Å²) in [5.74, 6) is -1.96. The van der Waals surface area contributed by atoms with Gasteiger partial charge in [0, 0.05) is 38.6 Å². The number of hydrogen-bond donors (Lipinski definition) is 6. The van der Waals surface area contributed by atoms with E-state index in [-0.39, 0.29) is 26.4 Å². The van der Waals surface area contributed by atoms with Crippen molar-refractivity contribution in [3.8, 4) is 0 Å². The van der Waals surface area contributed by atoms with Gasteiger partial charge in [0.1, 0.15) is 0 Å². The van der Waals surface area contributed by atoms with E-state index >= 15 is 0 Å². The maximum atomic E-state index is 9.25. The van der Waals surface area contributed by atoms with Gasteiger partial charge in [0.15, 0.2) is 0 Å². The van der Waals surface area contributed by atoms with Gasteiger partial charge < -0.3 is 30.6 Å². The smallest absolute Gasteiger partial charge is 0.327 e. The first-order chi connectivity index (χ1) is 12.4. The number of carboxylic acid groups (broad SMARTS) is 2. The summed E-state index contributed by atoms with van der Waals surface area (Å²) in [4.78, 5) is 18.5. The SMILES string of the molecule is C=CC(=O)O.C=CC(=O)O.OCCCCCCO.OCCCCCCO. The average Bonchev–Trinajstić information content (AvgIpc) is 2.64. The third-order valence-electron chi connectivity index (χ3n) is 2.48. The van der Waals surface area contributed by atoms with Crippen molar-refractivity contribution in [3.63, 3.8) is 0 Å². The molecule has 0 unspecified atom stereocenters. The summed E-state index contributed by atoms with van der Waals surface area (Å²) < 4.78 is 0. The largest absolute Gasteiger partial charge is 0.478 e. The van der Waals surface area contributed by atoms with E-state index in [2.05, 4.69) is 13.2 Å². The van der Waals surface area contributed by atoms with Gasteiger partial charge in [0.2, 0.25) is 0 Å². The van der Waals surface area contributed by atoms with Gasteiger partial charge in [-0.15, -0.1) is 0 Å². The molecule has 0 spiro atoms. The van der Waals surface area contributed by atoms with Crippen LogP contribution in [0.1, 0.15) is 51.4 Å². The quantitative estimate of drug-likeness (QED) is 0.220. The van der Waals surface area contributed by atoms with Crippen LogP contribution in [-0.4, -0.2) is 69.0 Å². The Morgan fingerprint density at radius 2 is 0.692 bits per heavy atom. The van der Waals surface area contributed by atoms with E-state index in [1.54, 1.807) is 0 Å².